The van der Waals surface area contributed by atoms with Crippen LogP contribution in [0.2, 0.25) is 0 Å². The first kappa shape index (κ1) is 18.1. The molecule has 0 saturated heterocycles. The molecular formula is C26H25NO2. The minimum atomic E-state index is -0.176. The first-order valence-electron chi connectivity index (χ1n) is 10.2. The summed E-state index contributed by atoms with van der Waals surface area (Å²) in [5.74, 6) is 0.953. The molecule has 0 bridgehead atoms. The zero-order chi connectivity index (χ0) is 20.2. The summed E-state index contributed by atoms with van der Waals surface area (Å²) in [5.41, 5.74) is 4.32. The van der Waals surface area contributed by atoms with Crippen molar-refractivity contribution >= 4 is 28.0 Å². The molecule has 0 spiro atoms. The van der Waals surface area contributed by atoms with Crippen molar-refractivity contribution in [2.24, 2.45) is 16.3 Å². The van der Waals surface area contributed by atoms with E-state index >= 15 is 0 Å². The van der Waals surface area contributed by atoms with E-state index in [0.717, 1.165) is 40.1 Å². The van der Waals surface area contributed by atoms with E-state index in [1.807, 2.05) is 12.1 Å². The lowest BCUT2D eigenvalue weighted by Crippen LogP contribution is -2.42. The molecule has 3 heteroatoms. The lowest BCUT2D eigenvalue weighted by molar-refractivity contribution is -0.124. The van der Waals surface area contributed by atoms with Crippen LogP contribution in [0.25, 0.3) is 10.8 Å². The van der Waals surface area contributed by atoms with E-state index in [9.17, 15) is 4.79 Å². The lowest BCUT2D eigenvalue weighted by atomic mass is 9.63. The molecule has 3 aromatic rings. The summed E-state index contributed by atoms with van der Waals surface area (Å²) in [7, 11) is 1.68. The molecular weight excluding hydrogens is 358 g/mol. The predicted octanol–water partition coefficient (Wildman–Crippen LogP) is 6.07. The van der Waals surface area contributed by atoms with Crippen LogP contribution >= 0.6 is 0 Å². The minimum Gasteiger partial charge on any atom is -0.497 e. The van der Waals surface area contributed by atoms with Crippen LogP contribution in [0.1, 0.15) is 43.7 Å². The van der Waals surface area contributed by atoms with Gasteiger partial charge in [0.25, 0.3) is 0 Å². The number of Topliss-reactive ketones (excluding diaryl/α,β-unsaturated/α-hetero) is 1. The van der Waals surface area contributed by atoms with Gasteiger partial charge < -0.3 is 4.74 Å². The second-order valence-electron chi connectivity index (χ2n) is 9.04. The summed E-state index contributed by atoms with van der Waals surface area (Å²) in [5, 5.41) is 2.34. The number of methoxy groups -OCH3 is 1. The van der Waals surface area contributed by atoms with Gasteiger partial charge in [-0.1, -0.05) is 62.4 Å². The fraction of sp³-hybridized carbons (Fsp3) is 0.308. The van der Waals surface area contributed by atoms with E-state index in [2.05, 4.69) is 62.4 Å². The highest BCUT2D eigenvalue weighted by Crippen LogP contribution is 2.50. The fourth-order valence-corrected chi connectivity index (χ4v) is 5.07. The second-order valence-corrected chi connectivity index (χ2v) is 9.04. The number of benzene rings is 3. The fourth-order valence-electron chi connectivity index (χ4n) is 5.07. The number of carbonyl (C=O) groups excluding carboxylic acids is 1. The smallest absolute Gasteiger partial charge is 0.143 e. The highest BCUT2D eigenvalue weighted by Gasteiger charge is 2.45. The Morgan fingerprint density at radius 2 is 1.69 bits per heavy atom. The third kappa shape index (κ3) is 2.96. The third-order valence-corrected chi connectivity index (χ3v) is 6.35. The van der Waals surface area contributed by atoms with Gasteiger partial charge in [0, 0.05) is 23.4 Å². The van der Waals surface area contributed by atoms with E-state index in [1.165, 1.54) is 5.39 Å². The summed E-state index contributed by atoms with van der Waals surface area (Å²) in [6, 6.07) is 20.9. The molecule has 2 atom stereocenters. The largest absolute Gasteiger partial charge is 0.497 e. The standard InChI is InChI=1S/C26H25NO2/c1-26(2)14-21-24(22(28)15-26)23(17-8-11-18(29-3)12-9-17)20-13-10-16-6-4-5-7-19(16)25(20)27-21/h4-13,23-24H,14-15H2,1-3H3/t23-,24?/m0/s1. The third-order valence-electron chi connectivity index (χ3n) is 6.35. The van der Waals surface area contributed by atoms with Gasteiger partial charge in [0.1, 0.15) is 11.5 Å². The van der Waals surface area contributed by atoms with Gasteiger partial charge >= 0.3 is 0 Å². The Bertz CT molecular complexity index is 1140. The van der Waals surface area contributed by atoms with Crippen LogP contribution in [-0.4, -0.2) is 18.6 Å². The first-order chi connectivity index (χ1) is 14.0. The Labute approximate surface area is 171 Å². The Morgan fingerprint density at radius 1 is 0.931 bits per heavy atom. The molecule has 3 nitrogen and oxygen atoms in total. The summed E-state index contributed by atoms with van der Waals surface area (Å²) < 4.78 is 5.35. The Balaban J connectivity index is 1.76. The van der Waals surface area contributed by atoms with E-state index in [0.29, 0.717) is 12.2 Å². The van der Waals surface area contributed by atoms with Crippen LogP contribution in [0.15, 0.2) is 65.7 Å². The quantitative estimate of drug-likeness (QED) is 0.538. The van der Waals surface area contributed by atoms with E-state index in [4.69, 9.17) is 9.73 Å². The molecule has 1 unspecified atom stereocenters. The molecule has 3 aromatic carbocycles. The van der Waals surface area contributed by atoms with Crippen LogP contribution in [0.3, 0.4) is 0 Å². The number of ether oxygens (including phenoxy) is 1. The van der Waals surface area contributed by atoms with Gasteiger partial charge in [0.2, 0.25) is 0 Å². The SMILES string of the molecule is COc1ccc([C@H]2c3ccc4ccccc4c3N=C3CC(C)(C)CC(=O)C32)cc1. The lowest BCUT2D eigenvalue weighted by Gasteiger charge is -2.41. The molecule has 5 rings (SSSR count). The molecule has 0 amide bonds. The molecule has 1 saturated carbocycles. The van der Waals surface area contributed by atoms with Crippen LogP contribution in [0.5, 0.6) is 5.75 Å². The number of nitrogens with zero attached hydrogens (tertiary/aromatic N) is 1. The molecule has 1 aliphatic carbocycles. The van der Waals surface area contributed by atoms with Crippen LogP contribution < -0.4 is 4.74 Å². The van der Waals surface area contributed by atoms with Crippen molar-refractivity contribution in [2.45, 2.75) is 32.6 Å². The van der Waals surface area contributed by atoms with Gasteiger partial charge in [0.05, 0.1) is 18.7 Å². The molecule has 0 aromatic heterocycles. The van der Waals surface area contributed by atoms with Crippen molar-refractivity contribution < 1.29 is 9.53 Å². The summed E-state index contributed by atoms with van der Waals surface area (Å²) in [6.45, 7) is 4.34. The summed E-state index contributed by atoms with van der Waals surface area (Å²) in [6.07, 6.45) is 1.46. The topological polar surface area (TPSA) is 38.7 Å². The van der Waals surface area contributed by atoms with E-state index < -0.39 is 0 Å². The van der Waals surface area contributed by atoms with Crippen LogP contribution in [-0.2, 0) is 4.79 Å². The predicted molar refractivity (Wildman–Crippen MR) is 117 cm³/mol. The second kappa shape index (κ2) is 6.55. The summed E-state index contributed by atoms with van der Waals surface area (Å²) in [4.78, 5) is 18.4. The molecule has 1 aliphatic heterocycles. The highest BCUT2D eigenvalue weighted by atomic mass is 16.5. The normalized spacial score (nSPS) is 22.6. The maximum Gasteiger partial charge on any atom is 0.143 e. The van der Waals surface area contributed by atoms with Gasteiger partial charge in [-0.05, 0) is 40.5 Å². The van der Waals surface area contributed by atoms with Crippen molar-refractivity contribution in [3.8, 4) is 5.75 Å². The summed E-state index contributed by atoms with van der Waals surface area (Å²) >= 11 is 0. The number of fused-ring (bicyclic) bond motifs is 4. The number of ketones is 1. The average Bonchev–Trinajstić information content (AvgIpc) is 2.71. The van der Waals surface area contributed by atoms with Crippen molar-refractivity contribution in [2.75, 3.05) is 7.11 Å². The van der Waals surface area contributed by atoms with Gasteiger partial charge in [-0.2, -0.15) is 0 Å². The molecule has 146 valence electrons. The van der Waals surface area contributed by atoms with Gasteiger partial charge in [-0.25, -0.2) is 0 Å². The monoisotopic (exact) mass is 383 g/mol. The number of carbonyl (C=O) groups is 1. The minimum absolute atomic E-state index is 0.00314. The average molecular weight is 383 g/mol. The zero-order valence-corrected chi connectivity index (χ0v) is 17.1. The number of hydrogen-bond donors (Lipinski definition) is 0. The molecule has 0 radical (unpaired) electrons. The van der Waals surface area contributed by atoms with Gasteiger partial charge in [0.15, 0.2) is 0 Å². The molecule has 2 aliphatic rings. The zero-order valence-electron chi connectivity index (χ0n) is 17.1. The van der Waals surface area contributed by atoms with E-state index in [-0.39, 0.29) is 17.3 Å². The van der Waals surface area contributed by atoms with Crippen LogP contribution in [0.4, 0.5) is 5.69 Å². The van der Waals surface area contributed by atoms with Crippen molar-refractivity contribution in [3.63, 3.8) is 0 Å². The van der Waals surface area contributed by atoms with Gasteiger partial charge in [-0.3, -0.25) is 9.79 Å². The number of rotatable bonds is 2. The first-order valence-corrected chi connectivity index (χ1v) is 10.2. The number of hydrogen-bond acceptors (Lipinski definition) is 3. The Kier molecular flexibility index (Phi) is 4.09. The van der Waals surface area contributed by atoms with Gasteiger partial charge in [-0.15, -0.1) is 0 Å². The van der Waals surface area contributed by atoms with Crippen LogP contribution in [0, 0.1) is 11.3 Å². The maximum absolute atomic E-state index is 13.3. The molecule has 29 heavy (non-hydrogen) atoms. The highest BCUT2D eigenvalue weighted by molar-refractivity contribution is 6.13. The van der Waals surface area contributed by atoms with E-state index in [1.54, 1.807) is 7.11 Å². The van der Waals surface area contributed by atoms with Crippen molar-refractivity contribution in [3.05, 3.63) is 71.8 Å². The van der Waals surface area contributed by atoms with Crippen molar-refractivity contribution in [1.82, 2.24) is 0 Å². The Morgan fingerprint density at radius 3 is 2.45 bits per heavy atom. The molecule has 1 heterocycles. The maximum atomic E-state index is 13.3. The Hall–Kier alpha value is -2.94. The van der Waals surface area contributed by atoms with Crippen molar-refractivity contribution in [1.29, 1.82) is 0 Å². The molecule has 0 N–H and O–H groups in total. The molecule has 1 fully saturated rings. The number of aliphatic imine (C=N–C) groups is 1.